The number of nitrogens with one attached hydrogen (secondary N) is 4. The zero-order chi connectivity index (χ0) is 103. The first-order valence-electron chi connectivity index (χ1n) is 47.1. The molecule has 0 bridgehead atoms. The Morgan fingerprint density at radius 3 is 1.44 bits per heavy atom. The molecule has 7 aliphatic heterocycles. The third-order valence-corrected chi connectivity index (χ3v) is 24.9. The number of ether oxygens (including phenoxy) is 15. The van der Waals surface area contributed by atoms with Gasteiger partial charge < -0.3 is 158 Å². The molecule has 0 saturated carbocycles. The molecule has 6 aromatic carbocycles. The van der Waals surface area contributed by atoms with E-state index in [0.29, 0.717) is 31.4 Å². The number of methoxy groups -OCH3 is 3. The molecule has 4 saturated heterocycles. The Labute approximate surface area is 827 Å². The van der Waals surface area contributed by atoms with Crippen LogP contribution in [0.2, 0.25) is 0 Å². The fourth-order valence-corrected chi connectivity index (χ4v) is 17.3. The highest BCUT2D eigenvalue weighted by Gasteiger charge is 2.53. The number of aliphatic hydroxyl groups is 8. The van der Waals surface area contributed by atoms with Crippen molar-refractivity contribution in [3.05, 3.63) is 171 Å². The second kappa shape index (κ2) is 51.3. The molecule has 4 unspecified atom stereocenters. The highest BCUT2D eigenvalue weighted by molar-refractivity contribution is 6.08. The van der Waals surface area contributed by atoms with Crippen LogP contribution >= 0.6 is 0 Å². The summed E-state index contributed by atoms with van der Waals surface area (Å²) in [6.07, 6.45) is -20.1. The molecule has 9 amide bonds. The summed E-state index contributed by atoms with van der Waals surface area (Å²) in [4.78, 5) is 156. The standard InChI is InChI=1S/C99H121N9O36/c1-55-42-69-92(122)107(98(128)139-53-57-18-22-71(141-96-84(116)80(112)82(114)86(143-96)94(124)125)64(44-57)88(118)102-28-13-27-100-77(109)25-33-133-36-38-135-40-41-136-39-37-134-34-26-78(110)101-29-24-79(111)104-52-61-16-8-7-14-59(61)20-21-60-15-9-10-17-66(60)104)67-48-75(73(131-4)46-62(67)90(120)105(69)50-55)137-31-11-6-12-32-138-76-49-68-63(47-74(76)132-5)91(121)106-51-56(2)43-70(106)93(123)108(68)99(129)140-54-58-19-23-72(65(45-58)89(119)103-30-35-130-3)142-97-85(117)81(113)83(115)87(144-97)95(126)127/h7-10,14-23,44-49,55,69-70,80-87,92-93,96-97,112-117,122-123H,2,6,11-13,24-43,50-54H2,1,3-5H3,(H,100,109)(H,101,110)(H,102,118)(H,103,119)(H,124,125)(H,126,127)/b21-20-/t55?,69-,70?,80-,81-,82-,83-,84+,85+,86-,87-,92?,93?,96+,97+/m0/s1. The molecule has 0 aliphatic carbocycles. The van der Waals surface area contributed by atoms with Gasteiger partial charge in [-0.1, -0.05) is 85.8 Å². The molecule has 7 heterocycles. The van der Waals surface area contributed by atoms with Gasteiger partial charge in [-0.25, -0.2) is 29.0 Å². The Morgan fingerprint density at radius 1 is 0.451 bits per heavy atom. The number of carbonyl (C=O) groups is 11. The fraction of sp³-hybridized carbons (Fsp3) is 0.485. The smallest absolute Gasteiger partial charge is 0.416 e. The quantitative estimate of drug-likeness (QED) is 0.0193. The summed E-state index contributed by atoms with van der Waals surface area (Å²) in [6, 6.07) is 26.7. The molecule has 0 radical (unpaired) electrons. The van der Waals surface area contributed by atoms with E-state index in [-0.39, 0.29) is 253 Å². The van der Waals surface area contributed by atoms with Crippen LogP contribution in [0.25, 0.3) is 12.2 Å². The molecule has 4 fully saturated rings. The minimum absolute atomic E-state index is 0.00166. The Morgan fingerprint density at radius 2 is 0.924 bits per heavy atom. The number of nitrogens with zero attached hydrogens (tertiary/aromatic N) is 5. The van der Waals surface area contributed by atoms with Crippen LogP contribution in [0.4, 0.5) is 26.7 Å². The highest BCUT2D eigenvalue weighted by Crippen LogP contribution is 2.46. The predicted octanol–water partition coefficient (Wildman–Crippen LogP) is 3.13. The van der Waals surface area contributed by atoms with Gasteiger partial charge in [0.2, 0.25) is 30.3 Å². The van der Waals surface area contributed by atoms with E-state index in [1.165, 1.54) is 91.8 Å². The number of carboxylic acids is 2. The highest BCUT2D eigenvalue weighted by atomic mass is 16.7. The van der Waals surface area contributed by atoms with Crippen LogP contribution in [0.1, 0.15) is 134 Å². The van der Waals surface area contributed by atoms with Crippen molar-refractivity contribution >= 4 is 94.7 Å². The van der Waals surface area contributed by atoms with Gasteiger partial charge in [-0.2, -0.15) is 0 Å². The molecule has 6 aromatic rings. The summed E-state index contributed by atoms with van der Waals surface area (Å²) >= 11 is 0. The van der Waals surface area contributed by atoms with Crippen LogP contribution in [-0.2, 0) is 86.4 Å². The maximum Gasteiger partial charge on any atom is 0.416 e. The summed E-state index contributed by atoms with van der Waals surface area (Å²) in [6.45, 7) is 7.28. The predicted molar refractivity (Wildman–Crippen MR) is 505 cm³/mol. The number of carbonyl (C=O) groups excluding carboxylic acids is 9. The maximum absolute atomic E-state index is 14.8. The van der Waals surface area contributed by atoms with Crippen LogP contribution in [0.3, 0.4) is 0 Å². The van der Waals surface area contributed by atoms with E-state index < -0.39 is 147 Å². The lowest BCUT2D eigenvalue weighted by Crippen LogP contribution is -2.61. The molecule has 0 aromatic heterocycles. The number of unbranched alkanes of at least 4 members (excludes halogenated alkanes) is 2. The van der Waals surface area contributed by atoms with Gasteiger partial charge in [0.15, 0.2) is 47.7 Å². The van der Waals surface area contributed by atoms with E-state index in [1.54, 1.807) is 4.90 Å². The Hall–Kier alpha value is -13.2. The number of carboxylic acid groups (broad SMARTS) is 2. The molecule has 13 rings (SSSR count). The lowest BCUT2D eigenvalue weighted by atomic mass is 9.99. The molecule has 778 valence electrons. The van der Waals surface area contributed by atoms with E-state index in [0.717, 1.165) is 32.2 Å². The zero-order valence-corrected chi connectivity index (χ0v) is 79.7. The number of hydrogen-bond acceptors (Lipinski definition) is 34. The van der Waals surface area contributed by atoms with Gasteiger partial charge in [0, 0.05) is 77.8 Å². The first kappa shape index (κ1) is 108. The van der Waals surface area contributed by atoms with E-state index >= 15 is 0 Å². The average Bonchev–Trinajstić information content (AvgIpc) is 1.61. The number of benzene rings is 6. The summed E-state index contributed by atoms with van der Waals surface area (Å²) < 4.78 is 85.5. The molecule has 0 spiro atoms. The molecule has 144 heavy (non-hydrogen) atoms. The molecular formula is C99H121N9O36. The lowest BCUT2D eigenvalue weighted by Gasteiger charge is -2.38. The maximum atomic E-state index is 14.8. The number of hydrogen-bond donors (Lipinski definition) is 14. The first-order valence-corrected chi connectivity index (χ1v) is 47.1. The molecular weight excluding hydrogens is 1890 g/mol. The van der Waals surface area contributed by atoms with Gasteiger partial charge in [0.1, 0.15) is 61.3 Å². The SMILES string of the molecule is C=C1CC2C(O)N(C(=O)OCc3ccc(O[C@@H]4O[C@H](C(=O)O)[C@@H](O)[C@H](O)[C@H]4O)c(C(=O)NCCOC)c3)c3cc(OCCCCCOc4cc5c(cc4OC)C(=O)N4CC(C)C[C@H]4C(O)N5C(=O)OCc4ccc(O[C@@H]5O[C@H](C(=O)O)[C@@H](O)[C@H](O)[C@H]5O)c(C(=O)NCCCNC(=O)CCOCCOCCOCCOCCC(=O)NCCC(=O)N5Cc6ccccc6/C=C\c6ccccc65)c4)c(OC)cc3C(=O)N2C1. The number of anilines is 3. The topological polar surface area (TPSA) is 593 Å². The Balaban J connectivity index is 0.575. The third-order valence-electron chi connectivity index (χ3n) is 24.9. The molecule has 7 aliphatic rings. The van der Waals surface area contributed by atoms with Crippen molar-refractivity contribution in [3.8, 4) is 34.5 Å². The number of rotatable bonds is 47. The van der Waals surface area contributed by atoms with E-state index in [9.17, 15) is 104 Å². The number of aliphatic carboxylic acids is 2. The van der Waals surface area contributed by atoms with Gasteiger partial charge in [0.05, 0.1) is 145 Å². The Kier molecular flexibility index (Phi) is 38.5. The number of para-hydroxylation sites is 1. The van der Waals surface area contributed by atoms with Crippen LogP contribution in [0.5, 0.6) is 34.5 Å². The normalized spacial score (nSPS) is 22.8. The van der Waals surface area contributed by atoms with E-state index in [1.807, 2.05) is 67.6 Å². The van der Waals surface area contributed by atoms with Gasteiger partial charge in [-0.3, -0.25) is 33.6 Å². The zero-order valence-electron chi connectivity index (χ0n) is 79.7. The number of aliphatic hydroxyl groups excluding tert-OH is 8. The van der Waals surface area contributed by atoms with Crippen molar-refractivity contribution in [2.45, 2.75) is 170 Å². The van der Waals surface area contributed by atoms with Crippen molar-refractivity contribution in [1.29, 1.82) is 0 Å². The van der Waals surface area contributed by atoms with Crippen molar-refractivity contribution in [3.63, 3.8) is 0 Å². The largest absolute Gasteiger partial charge is 0.493 e. The van der Waals surface area contributed by atoms with Crippen molar-refractivity contribution in [1.82, 2.24) is 31.1 Å². The monoisotopic (exact) mass is 2010 g/mol. The average molecular weight is 2010 g/mol. The van der Waals surface area contributed by atoms with Crippen molar-refractivity contribution < 1.29 is 175 Å². The minimum atomic E-state index is -2.09. The Bertz CT molecular complexity index is 5590. The first-order chi connectivity index (χ1) is 69.4. The fourth-order valence-electron chi connectivity index (χ4n) is 17.3. The third kappa shape index (κ3) is 26.9. The second-order valence-corrected chi connectivity index (χ2v) is 35.0. The molecule has 14 N–H and O–H groups in total. The van der Waals surface area contributed by atoms with Crippen LogP contribution < -0.4 is 64.4 Å². The number of amides is 9. The van der Waals surface area contributed by atoms with Gasteiger partial charge in [-0.15, -0.1) is 0 Å². The lowest BCUT2D eigenvalue weighted by molar-refractivity contribution is -0.271. The summed E-state index contributed by atoms with van der Waals surface area (Å²) in [5.74, 6) is -7.34. The van der Waals surface area contributed by atoms with Crippen molar-refractivity contribution in [2.24, 2.45) is 5.92 Å². The van der Waals surface area contributed by atoms with Gasteiger partial charge in [0.25, 0.3) is 23.6 Å². The van der Waals surface area contributed by atoms with E-state index in [2.05, 4.69) is 27.8 Å². The van der Waals surface area contributed by atoms with Crippen LogP contribution in [0, 0.1) is 5.92 Å². The van der Waals surface area contributed by atoms with Crippen molar-refractivity contribution in [2.75, 3.05) is 148 Å². The van der Waals surface area contributed by atoms with E-state index in [4.69, 9.17) is 71.1 Å². The van der Waals surface area contributed by atoms with Gasteiger partial charge >= 0.3 is 24.1 Å². The minimum Gasteiger partial charge on any atom is -0.493 e. The molecule has 15 atom stereocenters. The molecule has 45 nitrogen and oxygen atoms in total. The summed E-state index contributed by atoms with van der Waals surface area (Å²) in [5, 5.41) is 118. The van der Waals surface area contributed by atoms with Gasteiger partial charge in [-0.05, 0) is 115 Å². The van der Waals surface area contributed by atoms with Crippen LogP contribution in [0.15, 0.2) is 121 Å². The second-order valence-electron chi connectivity index (χ2n) is 35.0. The van der Waals surface area contributed by atoms with Crippen LogP contribution in [-0.4, -0.2) is 346 Å². The summed E-state index contributed by atoms with van der Waals surface area (Å²) in [5.41, 5.74) is 3.71. The molecule has 45 heteroatoms. The summed E-state index contributed by atoms with van der Waals surface area (Å²) in [7, 11) is 4.08. The number of fused-ring (bicyclic) bond motifs is 6.